The van der Waals surface area contributed by atoms with Crippen LogP contribution >= 0.6 is 0 Å². The molecule has 0 saturated heterocycles. The van der Waals surface area contributed by atoms with Gasteiger partial charge in [-0.25, -0.2) is 0 Å². The van der Waals surface area contributed by atoms with Gasteiger partial charge in [0.05, 0.1) is 6.42 Å². The largest absolute Gasteiger partial charge is 0.460 e. The normalized spacial score (nSPS) is 11.4. The smallest absolute Gasteiger partial charge is 0.310 e. The second-order valence-corrected chi connectivity index (χ2v) is 5.64. The van der Waals surface area contributed by atoms with Gasteiger partial charge in [-0.3, -0.25) is 4.79 Å². The molecule has 0 aromatic heterocycles. The van der Waals surface area contributed by atoms with Crippen molar-refractivity contribution < 1.29 is 9.53 Å². The van der Waals surface area contributed by atoms with Gasteiger partial charge in [0.25, 0.3) is 0 Å². The van der Waals surface area contributed by atoms with Crippen LogP contribution in [0.5, 0.6) is 0 Å². The lowest BCUT2D eigenvalue weighted by molar-refractivity contribution is -0.153. The molecule has 0 radical (unpaired) electrons. The van der Waals surface area contributed by atoms with Crippen LogP contribution in [0.1, 0.15) is 43.0 Å². The maximum Gasteiger partial charge on any atom is 0.310 e. The molecule has 1 rings (SSSR count). The molecule has 94 valence electrons. The van der Waals surface area contributed by atoms with Crippen LogP contribution < -0.4 is 0 Å². The van der Waals surface area contributed by atoms with Crippen molar-refractivity contribution in [1.82, 2.24) is 0 Å². The SMILES string of the molecule is Cc1cc(C)c(CC(=O)OC(C)(C)C)c(C)c1. The van der Waals surface area contributed by atoms with Crippen molar-refractivity contribution in [3.63, 3.8) is 0 Å². The number of benzene rings is 1. The van der Waals surface area contributed by atoms with Crippen molar-refractivity contribution in [3.05, 3.63) is 34.4 Å². The van der Waals surface area contributed by atoms with Gasteiger partial charge in [0.1, 0.15) is 5.60 Å². The summed E-state index contributed by atoms with van der Waals surface area (Å²) >= 11 is 0. The lowest BCUT2D eigenvalue weighted by Gasteiger charge is -2.20. The van der Waals surface area contributed by atoms with Gasteiger partial charge in [-0.1, -0.05) is 17.7 Å². The first-order chi connectivity index (χ1) is 7.69. The minimum Gasteiger partial charge on any atom is -0.460 e. The highest BCUT2D eigenvalue weighted by molar-refractivity contribution is 5.74. The summed E-state index contributed by atoms with van der Waals surface area (Å²) < 4.78 is 5.34. The molecule has 0 aliphatic rings. The van der Waals surface area contributed by atoms with E-state index in [9.17, 15) is 4.79 Å². The Bertz CT molecular complexity index is 402. The summed E-state index contributed by atoms with van der Waals surface area (Å²) in [5.74, 6) is -0.160. The van der Waals surface area contributed by atoms with E-state index < -0.39 is 5.60 Å². The van der Waals surface area contributed by atoms with Crippen molar-refractivity contribution in [1.29, 1.82) is 0 Å². The van der Waals surface area contributed by atoms with Crippen molar-refractivity contribution in [2.75, 3.05) is 0 Å². The highest BCUT2D eigenvalue weighted by atomic mass is 16.6. The topological polar surface area (TPSA) is 26.3 Å². The Morgan fingerprint density at radius 2 is 1.59 bits per heavy atom. The number of hydrogen-bond acceptors (Lipinski definition) is 2. The Hall–Kier alpha value is -1.31. The third-order valence-corrected chi connectivity index (χ3v) is 2.58. The number of esters is 1. The van der Waals surface area contributed by atoms with Crippen LogP contribution in [0.2, 0.25) is 0 Å². The zero-order chi connectivity index (χ0) is 13.2. The Balaban J connectivity index is 2.86. The molecule has 0 amide bonds. The number of rotatable bonds is 2. The van der Waals surface area contributed by atoms with E-state index in [1.54, 1.807) is 0 Å². The average Bonchev–Trinajstić information content (AvgIpc) is 2.08. The maximum atomic E-state index is 11.8. The number of carbonyl (C=O) groups excluding carboxylic acids is 1. The van der Waals surface area contributed by atoms with Crippen LogP contribution in [0.15, 0.2) is 12.1 Å². The van der Waals surface area contributed by atoms with E-state index in [4.69, 9.17) is 4.74 Å². The molecule has 1 aromatic carbocycles. The molecular weight excluding hydrogens is 212 g/mol. The van der Waals surface area contributed by atoms with Gasteiger partial charge in [0.2, 0.25) is 0 Å². The summed E-state index contributed by atoms with van der Waals surface area (Å²) in [7, 11) is 0. The van der Waals surface area contributed by atoms with Crippen LogP contribution in [-0.2, 0) is 16.0 Å². The molecule has 0 atom stereocenters. The fourth-order valence-electron chi connectivity index (χ4n) is 2.01. The highest BCUT2D eigenvalue weighted by Gasteiger charge is 2.18. The molecule has 1 aromatic rings. The van der Waals surface area contributed by atoms with E-state index in [1.165, 1.54) is 5.56 Å². The van der Waals surface area contributed by atoms with Gasteiger partial charge >= 0.3 is 5.97 Å². The van der Waals surface area contributed by atoms with Crippen LogP contribution in [0.25, 0.3) is 0 Å². The number of hydrogen-bond donors (Lipinski definition) is 0. The third-order valence-electron chi connectivity index (χ3n) is 2.58. The summed E-state index contributed by atoms with van der Waals surface area (Å²) in [4.78, 5) is 11.8. The van der Waals surface area contributed by atoms with Crippen LogP contribution in [0, 0.1) is 20.8 Å². The maximum absolute atomic E-state index is 11.8. The van der Waals surface area contributed by atoms with Gasteiger partial charge in [-0.15, -0.1) is 0 Å². The molecule has 0 saturated carbocycles. The zero-order valence-electron chi connectivity index (χ0n) is 11.7. The summed E-state index contributed by atoms with van der Waals surface area (Å²) in [5.41, 5.74) is 4.23. The van der Waals surface area contributed by atoms with Crippen molar-refractivity contribution in [2.24, 2.45) is 0 Å². The van der Waals surface area contributed by atoms with E-state index in [0.717, 1.165) is 16.7 Å². The molecule has 0 bridgehead atoms. The number of carbonyl (C=O) groups is 1. The molecular formula is C15H22O2. The van der Waals surface area contributed by atoms with Gasteiger partial charge in [-0.2, -0.15) is 0 Å². The van der Waals surface area contributed by atoms with E-state index in [0.29, 0.717) is 6.42 Å². The average molecular weight is 234 g/mol. The second kappa shape index (κ2) is 4.91. The predicted molar refractivity (Wildman–Crippen MR) is 70.2 cm³/mol. The molecule has 0 aliphatic heterocycles. The van der Waals surface area contributed by atoms with Crippen molar-refractivity contribution in [3.8, 4) is 0 Å². The molecule has 0 fully saturated rings. The minimum atomic E-state index is -0.413. The molecule has 0 spiro atoms. The Labute approximate surface area is 104 Å². The summed E-state index contributed by atoms with van der Waals surface area (Å²) in [6.07, 6.45) is 0.356. The standard InChI is InChI=1S/C15H22O2/c1-10-7-11(2)13(12(3)8-10)9-14(16)17-15(4,5)6/h7-8H,9H2,1-6H3. The number of aryl methyl sites for hydroxylation is 3. The Kier molecular flexibility index (Phi) is 3.97. The quantitative estimate of drug-likeness (QED) is 0.732. The first kappa shape index (κ1) is 13.8. The summed E-state index contributed by atoms with van der Waals surface area (Å²) in [5, 5.41) is 0. The van der Waals surface area contributed by atoms with Gasteiger partial charge in [-0.05, 0) is 58.2 Å². The van der Waals surface area contributed by atoms with Crippen molar-refractivity contribution in [2.45, 2.75) is 53.6 Å². The Morgan fingerprint density at radius 3 is 2.00 bits per heavy atom. The molecule has 0 unspecified atom stereocenters. The van der Waals surface area contributed by atoms with Crippen LogP contribution in [0.3, 0.4) is 0 Å². The van der Waals surface area contributed by atoms with Crippen LogP contribution in [-0.4, -0.2) is 11.6 Å². The predicted octanol–water partition coefficient (Wildman–Crippen LogP) is 3.50. The summed E-state index contributed by atoms with van der Waals surface area (Å²) in [6.45, 7) is 11.8. The lowest BCUT2D eigenvalue weighted by Crippen LogP contribution is -2.25. The second-order valence-electron chi connectivity index (χ2n) is 5.64. The molecule has 0 N–H and O–H groups in total. The number of ether oxygens (including phenoxy) is 1. The lowest BCUT2D eigenvalue weighted by atomic mass is 9.97. The Morgan fingerprint density at radius 1 is 1.12 bits per heavy atom. The van der Waals surface area contributed by atoms with E-state index in [2.05, 4.69) is 19.1 Å². The first-order valence-electron chi connectivity index (χ1n) is 5.97. The van der Waals surface area contributed by atoms with Gasteiger partial charge in [0.15, 0.2) is 0 Å². The molecule has 2 heteroatoms. The van der Waals surface area contributed by atoms with Crippen LogP contribution in [0.4, 0.5) is 0 Å². The van der Waals surface area contributed by atoms with E-state index >= 15 is 0 Å². The summed E-state index contributed by atoms with van der Waals surface area (Å²) in [6, 6.07) is 4.21. The minimum absolute atomic E-state index is 0.160. The molecule has 0 heterocycles. The third kappa shape index (κ3) is 4.22. The fraction of sp³-hybridized carbons (Fsp3) is 0.533. The molecule has 2 nitrogen and oxygen atoms in total. The monoisotopic (exact) mass is 234 g/mol. The zero-order valence-corrected chi connectivity index (χ0v) is 11.7. The van der Waals surface area contributed by atoms with E-state index in [-0.39, 0.29) is 5.97 Å². The van der Waals surface area contributed by atoms with Crippen molar-refractivity contribution >= 4 is 5.97 Å². The van der Waals surface area contributed by atoms with Gasteiger partial charge < -0.3 is 4.74 Å². The highest BCUT2D eigenvalue weighted by Crippen LogP contribution is 2.18. The van der Waals surface area contributed by atoms with E-state index in [1.807, 2.05) is 34.6 Å². The van der Waals surface area contributed by atoms with Gasteiger partial charge in [0, 0.05) is 0 Å². The fourth-order valence-corrected chi connectivity index (χ4v) is 2.01. The molecule has 0 aliphatic carbocycles. The molecule has 17 heavy (non-hydrogen) atoms. The first-order valence-corrected chi connectivity index (χ1v) is 5.97.